The highest BCUT2D eigenvalue weighted by molar-refractivity contribution is 7.98. The molecule has 0 N–H and O–H groups in total. The Balaban J connectivity index is 2.48. The topological polar surface area (TPSA) is 46.1 Å². The predicted octanol–water partition coefficient (Wildman–Crippen LogP) is 1.61. The minimum absolute atomic E-state index is 0.155. The van der Waals surface area contributed by atoms with Gasteiger partial charge in [0.1, 0.15) is 5.82 Å². The molecular formula is C10H13N3OS. The average molecular weight is 223 g/mol. The summed E-state index contributed by atoms with van der Waals surface area (Å²) in [4.78, 5) is 22.3. The Morgan fingerprint density at radius 3 is 3.07 bits per heavy atom. The lowest BCUT2D eigenvalue weighted by Gasteiger charge is -2.27. The molecule has 1 aromatic heterocycles. The van der Waals surface area contributed by atoms with Crippen molar-refractivity contribution in [2.45, 2.75) is 18.5 Å². The number of rotatable bonds is 2. The van der Waals surface area contributed by atoms with Gasteiger partial charge < -0.3 is 4.90 Å². The molecule has 0 aromatic carbocycles. The first-order valence-corrected chi connectivity index (χ1v) is 6.18. The fourth-order valence-corrected chi connectivity index (χ4v) is 2.01. The van der Waals surface area contributed by atoms with Crippen molar-refractivity contribution < 1.29 is 4.79 Å². The minimum Gasteiger partial charge on any atom is -0.356 e. The molecule has 0 fully saturated rings. The van der Waals surface area contributed by atoms with Gasteiger partial charge in [-0.15, -0.1) is 0 Å². The van der Waals surface area contributed by atoms with Gasteiger partial charge >= 0.3 is 0 Å². The van der Waals surface area contributed by atoms with E-state index in [2.05, 4.69) is 21.8 Å². The van der Waals surface area contributed by atoms with Crippen molar-refractivity contribution in [3.8, 4) is 0 Å². The summed E-state index contributed by atoms with van der Waals surface area (Å²) in [6, 6.07) is 0. The fourth-order valence-electron chi connectivity index (χ4n) is 1.68. The van der Waals surface area contributed by atoms with Crippen LogP contribution >= 0.6 is 11.8 Å². The van der Waals surface area contributed by atoms with Crippen molar-refractivity contribution in [3.05, 3.63) is 11.8 Å². The Morgan fingerprint density at radius 1 is 1.60 bits per heavy atom. The molecule has 0 saturated heterocycles. The number of fused-ring (bicyclic) bond motifs is 1. The van der Waals surface area contributed by atoms with E-state index >= 15 is 0 Å². The van der Waals surface area contributed by atoms with Crippen molar-refractivity contribution in [2.75, 3.05) is 24.2 Å². The highest BCUT2D eigenvalue weighted by Crippen LogP contribution is 2.25. The number of hydrogen-bond acceptors (Lipinski definition) is 5. The van der Waals surface area contributed by atoms with Crippen LogP contribution in [0, 0.1) is 0 Å². The Hall–Kier alpha value is -1.10. The number of ketones is 1. The van der Waals surface area contributed by atoms with E-state index in [4.69, 9.17) is 0 Å². The van der Waals surface area contributed by atoms with Crippen molar-refractivity contribution in [2.24, 2.45) is 0 Å². The van der Waals surface area contributed by atoms with Crippen LogP contribution in [0.3, 0.4) is 0 Å². The molecule has 0 spiro atoms. The Labute approximate surface area is 93.1 Å². The van der Waals surface area contributed by atoms with E-state index in [1.54, 1.807) is 6.20 Å². The normalized spacial score (nSPS) is 15.3. The second kappa shape index (κ2) is 4.18. The first kappa shape index (κ1) is 10.4. The van der Waals surface area contributed by atoms with Crippen LogP contribution < -0.4 is 4.90 Å². The summed E-state index contributed by atoms with van der Waals surface area (Å²) in [5.41, 5.74) is 0.668. The lowest BCUT2D eigenvalue weighted by atomic mass is 10.1. The third kappa shape index (κ3) is 1.84. The van der Waals surface area contributed by atoms with Crippen LogP contribution in [0.1, 0.15) is 23.7 Å². The van der Waals surface area contributed by atoms with Crippen LogP contribution in [0.25, 0.3) is 0 Å². The molecule has 15 heavy (non-hydrogen) atoms. The number of nitrogens with zero attached hydrogens (tertiary/aromatic N) is 3. The zero-order chi connectivity index (χ0) is 10.8. The van der Waals surface area contributed by atoms with Crippen molar-refractivity contribution >= 4 is 23.4 Å². The maximum Gasteiger partial charge on any atom is 0.189 e. The molecule has 0 amide bonds. The van der Waals surface area contributed by atoms with Gasteiger partial charge in [-0.05, 0) is 13.2 Å². The summed E-state index contributed by atoms with van der Waals surface area (Å²) < 4.78 is 0. The summed E-state index contributed by atoms with van der Waals surface area (Å²) in [5, 5.41) is 0.724. The summed E-state index contributed by atoms with van der Waals surface area (Å²) in [6.07, 6.45) is 4.16. The van der Waals surface area contributed by atoms with E-state index in [-0.39, 0.29) is 5.78 Å². The van der Waals surface area contributed by atoms with Crippen LogP contribution in [0.5, 0.6) is 0 Å². The largest absolute Gasteiger partial charge is 0.356 e. The first-order valence-electron chi connectivity index (χ1n) is 4.95. The van der Waals surface area contributed by atoms with E-state index in [0.29, 0.717) is 12.0 Å². The van der Waals surface area contributed by atoms with Gasteiger partial charge in [-0.2, -0.15) is 0 Å². The Bertz CT molecular complexity index is 394. The van der Waals surface area contributed by atoms with E-state index in [0.717, 1.165) is 24.1 Å². The molecule has 0 radical (unpaired) electrons. The van der Waals surface area contributed by atoms with Crippen molar-refractivity contribution in [1.29, 1.82) is 0 Å². The van der Waals surface area contributed by atoms with Gasteiger partial charge in [0.2, 0.25) is 0 Å². The number of thioether (sulfide) groups is 1. The summed E-state index contributed by atoms with van der Waals surface area (Å²) in [6.45, 7) is 3.72. The molecule has 1 aliphatic rings. The molecule has 4 nitrogen and oxygen atoms in total. The molecule has 80 valence electrons. The van der Waals surface area contributed by atoms with Crippen LogP contribution in [-0.2, 0) is 0 Å². The minimum atomic E-state index is 0.155. The smallest absolute Gasteiger partial charge is 0.189 e. The zero-order valence-corrected chi connectivity index (χ0v) is 9.67. The van der Waals surface area contributed by atoms with Gasteiger partial charge in [-0.3, -0.25) is 4.79 Å². The van der Waals surface area contributed by atoms with Gasteiger partial charge in [0, 0.05) is 25.7 Å². The van der Waals surface area contributed by atoms with Gasteiger partial charge in [0.25, 0.3) is 0 Å². The third-order valence-corrected chi connectivity index (χ3v) is 3.08. The number of carbonyl (C=O) groups excluding carboxylic acids is 1. The van der Waals surface area contributed by atoms with E-state index < -0.39 is 0 Å². The molecule has 0 bridgehead atoms. The second-order valence-electron chi connectivity index (χ2n) is 3.35. The SMILES string of the molecule is CCN1CCC(=O)c2cnc(SC)nc21. The van der Waals surface area contributed by atoms with E-state index in [1.165, 1.54) is 11.8 Å². The standard InChI is InChI=1S/C10H13N3OS/c1-3-13-5-4-8(14)7-6-11-10(15-2)12-9(7)13/h6H,3-5H2,1-2H3. The van der Waals surface area contributed by atoms with Crippen molar-refractivity contribution in [3.63, 3.8) is 0 Å². The highest BCUT2D eigenvalue weighted by Gasteiger charge is 2.24. The number of anilines is 1. The fraction of sp³-hybridized carbons (Fsp3) is 0.500. The van der Waals surface area contributed by atoms with Crippen molar-refractivity contribution in [1.82, 2.24) is 9.97 Å². The first-order chi connectivity index (χ1) is 7.26. The molecule has 0 atom stereocenters. The molecule has 1 aromatic rings. The number of Topliss-reactive ketones (excluding diaryl/α,β-unsaturated/α-hetero) is 1. The second-order valence-corrected chi connectivity index (χ2v) is 4.12. The molecule has 1 aliphatic heterocycles. The van der Waals surface area contributed by atoms with Crippen LogP contribution in [-0.4, -0.2) is 35.1 Å². The maximum atomic E-state index is 11.6. The van der Waals surface area contributed by atoms with Crippen LogP contribution in [0.15, 0.2) is 11.4 Å². The molecule has 2 heterocycles. The number of aromatic nitrogens is 2. The summed E-state index contributed by atoms with van der Waals surface area (Å²) in [7, 11) is 0. The molecule has 5 heteroatoms. The monoisotopic (exact) mass is 223 g/mol. The molecule has 0 unspecified atom stereocenters. The van der Waals surface area contributed by atoms with Crippen LogP contribution in [0.2, 0.25) is 0 Å². The predicted molar refractivity (Wildman–Crippen MR) is 60.6 cm³/mol. The van der Waals surface area contributed by atoms with Gasteiger partial charge in [-0.1, -0.05) is 11.8 Å². The number of carbonyl (C=O) groups is 1. The van der Waals surface area contributed by atoms with Crippen LogP contribution in [0.4, 0.5) is 5.82 Å². The lowest BCUT2D eigenvalue weighted by Crippen LogP contribution is -2.33. The van der Waals surface area contributed by atoms with Gasteiger partial charge in [0.05, 0.1) is 5.56 Å². The van der Waals surface area contributed by atoms with E-state index in [1.807, 2.05) is 6.26 Å². The van der Waals surface area contributed by atoms with E-state index in [9.17, 15) is 4.79 Å². The summed E-state index contributed by atoms with van der Waals surface area (Å²) in [5.74, 6) is 0.954. The highest BCUT2D eigenvalue weighted by atomic mass is 32.2. The Kier molecular flexibility index (Phi) is 2.90. The third-order valence-electron chi connectivity index (χ3n) is 2.52. The molecular weight excluding hydrogens is 210 g/mol. The van der Waals surface area contributed by atoms with Gasteiger partial charge in [-0.25, -0.2) is 9.97 Å². The Morgan fingerprint density at radius 2 is 2.40 bits per heavy atom. The summed E-state index contributed by atoms with van der Waals surface area (Å²) >= 11 is 1.50. The zero-order valence-electron chi connectivity index (χ0n) is 8.86. The van der Waals surface area contributed by atoms with Gasteiger partial charge in [0.15, 0.2) is 10.9 Å². The lowest BCUT2D eigenvalue weighted by molar-refractivity contribution is 0.0979. The average Bonchev–Trinajstić information content (AvgIpc) is 2.29. The number of hydrogen-bond donors (Lipinski definition) is 0. The molecule has 0 saturated carbocycles. The quantitative estimate of drug-likeness (QED) is 0.563. The molecule has 2 rings (SSSR count). The molecule has 0 aliphatic carbocycles. The maximum absolute atomic E-state index is 11.6.